The Bertz CT molecular complexity index is 399. The molecular weight excluding hydrogens is 188 g/mol. The lowest BCUT2D eigenvalue weighted by atomic mass is 9.89. The van der Waals surface area contributed by atoms with Crippen LogP contribution in [0.4, 0.5) is 5.69 Å². The van der Waals surface area contributed by atoms with Crippen LogP contribution in [0.5, 0.6) is 5.75 Å². The minimum atomic E-state index is 0.376. The van der Waals surface area contributed by atoms with E-state index in [2.05, 4.69) is 5.32 Å². The van der Waals surface area contributed by atoms with Crippen LogP contribution >= 0.6 is 0 Å². The summed E-state index contributed by atoms with van der Waals surface area (Å²) in [7, 11) is 0. The van der Waals surface area contributed by atoms with E-state index in [1.807, 2.05) is 6.07 Å². The van der Waals surface area contributed by atoms with Crippen molar-refractivity contribution in [3.63, 3.8) is 0 Å². The van der Waals surface area contributed by atoms with Crippen molar-refractivity contribution in [1.29, 1.82) is 0 Å². The molecule has 0 bridgehead atoms. The number of nitrogens with one attached hydrogen (secondary N) is 1. The molecule has 2 aliphatic rings. The topological polar surface area (TPSA) is 58.3 Å². The number of phenolic OH excluding ortho intramolecular Hbond substituents is 1. The van der Waals surface area contributed by atoms with Crippen LogP contribution in [0.1, 0.15) is 30.0 Å². The Balaban J connectivity index is 2.11. The highest BCUT2D eigenvalue weighted by atomic mass is 16.3. The van der Waals surface area contributed by atoms with Gasteiger partial charge < -0.3 is 16.2 Å². The summed E-state index contributed by atoms with van der Waals surface area (Å²) in [6, 6.07) is 3.90. The first kappa shape index (κ1) is 9.04. The third-order valence-electron chi connectivity index (χ3n) is 3.51. The van der Waals surface area contributed by atoms with E-state index in [0.717, 1.165) is 35.7 Å². The van der Waals surface area contributed by atoms with Crippen LogP contribution in [-0.4, -0.2) is 11.7 Å². The van der Waals surface area contributed by atoms with E-state index in [0.29, 0.717) is 11.8 Å². The molecule has 0 aromatic heterocycles. The summed E-state index contributed by atoms with van der Waals surface area (Å²) < 4.78 is 0. The third kappa shape index (κ3) is 1.38. The first-order chi connectivity index (χ1) is 7.27. The van der Waals surface area contributed by atoms with Gasteiger partial charge in [0.2, 0.25) is 0 Å². The Labute approximate surface area is 89.3 Å². The number of phenols is 1. The second-order valence-electron chi connectivity index (χ2n) is 4.59. The van der Waals surface area contributed by atoms with Gasteiger partial charge in [0, 0.05) is 17.3 Å². The van der Waals surface area contributed by atoms with Gasteiger partial charge in [-0.15, -0.1) is 0 Å². The summed E-state index contributed by atoms with van der Waals surface area (Å²) in [5.41, 5.74) is 9.06. The number of fused-ring (bicyclic) bond motifs is 1. The standard InChI is InChI=1S/C12H16N2O/c13-9-3-4-10(15)8-5-6-14-12(11(8)9)7-1-2-7/h3-4,7,12,14-15H,1-2,5-6,13H2. The summed E-state index contributed by atoms with van der Waals surface area (Å²) in [5, 5.41) is 13.3. The van der Waals surface area contributed by atoms with Crippen molar-refractivity contribution >= 4 is 5.69 Å². The molecule has 1 heterocycles. The highest BCUT2D eigenvalue weighted by Gasteiger charge is 2.36. The Hall–Kier alpha value is -1.22. The molecule has 3 rings (SSSR count). The third-order valence-corrected chi connectivity index (χ3v) is 3.51. The molecule has 1 unspecified atom stereocenters. The predicted octanol–water partition coefficient (Wildman–Crippen LogP) is 1.57. The lowest BCUT2D eigenvalue weighted by Crippen LogP contribution is -2.32. The van der Waals surface area contributed by atoms with Gasteiger partial charge in [0.25, 0.3) is 0 Å². The maximum atomic E-state index is 9.82. The Morgan fingerprint density at radius 3 is 2.87 bits per heavy atom. The minimum absolute atomic E-state index is 0.376. The van der Waals surface area contributed by atoms with Crippen LogP contribution in [-0.2, 0) is 6.42 Å². The molecule has 0 amide bonds. The molecule has 15 heavy (non-hydrogen) atoms. The number of hydrogen-bond acceptors (Lipinski definition) is 3. The smallest absolute Gasteiger partial charge is 0.119 e. The number of anilines is 1. The predicted molar refractivity (Wildman–Crippen MR) is 59.7 cm³/mol. The summed E-state index contributed by atoms with van der Waals surface area (Å²) in [5.74, 6) is 1.14. The largest absolute Gasteiger partial charge is 0.508 e. The van der Waals surface area contributed by atoms with E-state index in [1.54, 1.807) is 6.07 Å². The summed E-state index contributed by atoms with van der Waals surface area (Å²) in [6.07, 6.45) is 3.45. The molecule has 0 saturated heterocycles. The lowest BCUT2D eigenvalue weighted by molar-refractivity contribution is 0.429. The average Bonchev–Trinajstić information content (AvgIpc) is 3.07. The number of benzene rings is 1. The van der Waals surface area contributed by atoms with Gasteiger partial charge in [0.1, 0.15) is 5.75 Å². The second-order valence-corrected chi connectivity index (χ2v) is 4.59. The SMILES string of the molecule is Nc1ccc(O)c2c1C(C1CC1)NCC2. The number of hydrogen-bond donors (Lipinski definition) is 3. The molecule has 1 aromatic carbocycles. The molecule has 1 aliphatic carbocycles. The number of nitrogen functional groups attached to an aromatic ring is 1. The van der Waals surface area contributed by atoms with Gasteiger partial charge >= 0.3 is 0 Å². The Morgan fingerprint density at radius 2 is 2.13 bits per heavy atom. The molecule has 0 spiro atoms. The van der Waals surface area contributed by atoms with Gasteiger partial charge in [0.05, 0.1) is 0 Å². The van der Waals surface area contributed by atoms with Gasteiger partial charge in [-0.05, 0) is 49.4 Å². The van der Waals surface area contributed by atoms with E-state index in [9.17, 15) is 5.11 Å². The van der Waals surface area contributed by atoms with E-state index in [4.69, 9.17) is 5.73 Å². The van der Waals surface area contributed by atoms with Crippen LogP contribution < -0.4 is 11.1 Å². The quantitative estimate of drug-likeness (QED) is 0.481. The fourth-order valence-corrected chi connectivity index (χ4v) is 2.59. The van der Waals surface area contributed by atoms with E-state index in [-0.39, 0.29) is 0 Å². The maximum Gasteiger partial charge on any atom is 0.119 e. The minimum Gasteiger partial charge on any atom is -0.508 e. The monoisotopic (exact) mass is 204 g/mol. The van der Waals surface area contributed by atoms with Crippen molar-refractivity contribution in [2.45, 2.75) is 25.3 Å². The van der Waals surface area contributed by atoms with Crippen LogP contribution in [0.25, 0.3) is 0 Å². The van der Waals surface area contributed by atoms with Crippen molar-refractivity contribution < 1.29 is 5.11 Å². The van der Waals surface area contributed by atoms with Crippen LogP contribution in [0.2, 0.25) is 0 Å². The second kappa shape index (κ2) is 3.14. The molecule has 1 aromatic rings. The molecule has 1 fully saturated rings. The molecule has 3 heteroatoms. The average molecular weight is 204 g/mol. The first-order valence-electron chi connectivity index (χ1n) is 5.61. The molecule has 1 saturated carbocycles. The first-order valence-corrected chi connectivity index (χ1v) is 5.61. The van der Waals surface area contributed by atoms with Gasteiger partial charge in [-0.2, -0.15) is 0 Å². The van der Waals surface area contributed by atoms with Crippen molar-refractivity contribution in [3.8, 4) is 5.75 Å². The molecular formula is C12H16N2O. The zero-order valence-corrected chi connectivity index (χ0v) is 8.66. The number of rotatable bonds is 1. The molecule has 4 N–H and O–H groups in total. The fraction of sp³-hybridized carbons (Fsp3) is 0.500. The molecule has 0 radical (unpaired) electrons. The van der Waals surface area contributed by atoms with Crippen LogP contribution in [0.3, 0.4) is 0 Å². The highest BCUT2D eigenvalue weighted by Crippen LogP contribution is 2.46. The van der Waals surface area contributed by atoms with Crippen molar-refractivity contribution in [1.82, 2.24) is 5.32 Å². The Kier molecular flexibility index (Phi) is 1.89. The normalized spacial score (nSPS) is 24.9. The van der Waals surface area contributed by atoms with Crippen molar-refractivity contribution in [2.75, 3.05) is 12.3 Å². The van der Waals surface area contributed by atoms with Crippen LogP contribution in [0.15, 0.2) is 12.1 Å². The number of aromatic hydroxyl groups is 1. The zero-order valence-electron chi connectivity index (χ0n) is 8.66. The van der Waals surface area contributed by atoms with Crippen LogP contribution in [0, 0.1) is 5.92 Å². The highest BCUT2D eigenvalue weighted by molar-refractivity contribution is 5.59. The van der Waals surface area contributed by atoms with Gasteiger partial charge in [-0.3, -0.25) is 0 Å². The summed E-state index contributed by atoms with van der Waals surface area (Å²) >= 11 is 0. The Morgan fingerprint density at radius 1 is 1.33 bits per heavy atom. The van der Waals surface area contributed by atoms with Crippen molar-refractivity contribution in [3.05, 3.63) is 23.3 Å². The summed E-state index contributed by atoms with van der Waals surface area (Å²) in [4.78, 5) is 0. The molecule has 1 aliphatic heterocycles. The van der Waals surface area contributed by atoms with Gasteiger partial charge in [-0.1, -0.05) is 0 Å². The van der Waals surface area contributed by atoms with E-state index in [1.165, 1.54) is 12.8 Å². The lowest BCUT2D eigenvalue weighted by Gasteiger charge is -2.28. The maximum absolute atomic E-state index is 9.82. The van der Waals surface area contributed by atoms with Gasteiger partial charge in [0.15, 0.2) is 0 Å². The molecule has 80 valence electrons. The molecule has 3 nitrogen and oxygen atoms in total. The fourth-order valence-electron chi connectivity index (χ4n) is 2.59. The number of nitrogens with two attached hydrogens (primary N) is 1. The molecule has 1 atom stereocenters. The van der Waals surface area contributed by atoms with E-state index < -0.39 is 0 Å². The summed E-state index contributed by atoms with van der Waals surface area (Å²) in [6.45, 7) is 0.950. The van der Waals surface area contributed by atoms with Crippen molar-refractivity contribution in [2.24, 2.45) is 5.92 Å². The van der Waals surface area contributed by atoms with Gasteiger partial charge in [-0.25, -0.2) is 0 Å². The zero-order chi connectivity index (χ0) is 10.4. The van der Waals surface area contributed by atoms with E-state index >= 15 is 0 Å².